The Morgan fingerprint density at radius 1 is 1.16 bits per heavy atom. The number of rotatable bonds is 6. The lowest BCUT2D eigenvalue weighted by Crippen LogP contribution is -2.29. The lowest BCUT2D eigenvalue weighted by atomic mass is 10.3. The molecular weight excluding hydrogens is 363 g/mol. The van der Waals surface area contributed by atoms with Gasteiger partial charge in [-0.05, 0) is 24.3 Å². The second-order valence-electron chi connectivity index (χ2n) is 5.09. The molecule has 25 heavy (non-hydrogen) atoms. The Balaban J connectivity index is 1.57. The zero-order chi connectivity index (χ0) is 17.6. The van der Waals surface area contributed by atoms with E-state index >= 15 is 0 Å². The molecule has 3 aromatic rings. The molecule has 128 valence electrons. The fourth-order valence-electron chi connectivity index (χ4n) is 2.14. The van der Waals surface area contributed by atoms with Crippen LogP contribution in [0.2, 0.25) is 10.0 Å². The van der Waals surface area contributed by atoms with Crippen LogP contribution in [0.15, 0.2) is 54.9 Å². The van der Waals surface area contributed by atoms with Gasteiger partial charge in [-0.25, -0.2) is 0 Å². The van der Waals surface area contributed by atoms with E-state index in [-0.39, 0.29) is 19.1 Å². The predicted octanol–water partition coefficient (Wildman–Crippen LogP) is 3.27. The number of carbonyl (C=O) groups is 1. The highest BCUT2D eigenvalue weighted by Crippen LogP contribution is 2.27. The monoisotopic (exact) mass is 376 g/mol. The normalized spacial score (nSPS) is 10.5. The van der Waals surface area contributed by atoms with Gasteiger partial charge in [0.15, 0.2) is 12.4 Å². The third-order valence-electron chi connectivity index (χ3n) is 3.35. The number of nitrogens with zero attached hydrogens (tertiary/aromatic N) is 3. The Bertz CT molecular complexity index is 868. The number of para-hydroxylation sites is 1. The van der Waals surface area contributed by atoms with Crippen LogP contribution >= 0.6 is 23.2 Å². The van der Waals surface area contributed by atoms with Gasteiger partial charge in [-0.1, -0.05) is 41.4 Å². The molecule has 6 nitrogen and oxygen atoms in total. The highest BCUT2D eigenvalue weighted by molar-refractivity contribution is 6.34. The van der Waals surface area contributed by atoms with Gasteiger partial charge in [0.25, 0.3) is 5.91 Å². The first kappa shape index (κ1) is 17.3. The Morgan fingerprint density at radius 3 is 2.76 bits per heavy atom. The van der Waals surface area contributed by atoms with E-state index in [2.05, 4.69) is 15.5 Å². The molecule has 0 bridgehead atoms. The molecule has 0 fully saturated rings. The standard InChI is InChI=1S/C17H14Cl2N4O2/c18-12-6-7-14(19)15(8-12)25-10-17(24)20-9-16-22-21-11-23(16)13-4-2-1-3-5-13/h1-8,11H,9-10H2,(H,20,24). The highest BCUT2D eigenvalue weighted by atomic mass is 35.5. The van der Waals surface area contributed by atoms with Crippen LogP contribution in [0.5, 0.6) is 5.75 Å². The van der Waals surface area contributed by atoms with Crippen molar-refractivity contribution in [3.8, 4) is 11.4 Å². The summed E-state index contributed by atoms with van der Waals surface area (Å²) in [4.78, 5) is 12.0. The van der Waals surface area contributed by atoms with E-state index in [0.29, 0.717) is 21.6 Å². The Hall–Kier alpha value is -2.57. The summed E-state index contributed by atoms with van der Waals surface area (Å²) in [7, 11) is 0. The first-order chi connectivity index (χ1) is 12.1. The topological polar surface area (TPSA) is 69.0 Å². The van der Waals surface area contributed by atoms with Gasteiger partial charge in [-0.15, -0.1) is 10.2 Å². The molecule has 0 saturated heterocycles. The zero-order valence-electron chi connectivity index (χ0n) is 13.0. The summed E-state index contributed by atoms with van der Waals surface area (Å²) in [6, 6.07) is 14.4. The van der Waals surface area contributed by atoms with Crippen molar-refractivity contribution in [1.29, 1.82) is 0 Å². The molecule has 1 heterocycles. The second-order valence-corrected chi connectivity index (χ2v) is 5.94. The van der Waals surface area contributed by atoms with Crippen LogP contribution in [0.25, 0.3) is 5.69 Å². The molecule has 1 N–H and O–H groups in total. The Kier molecular flexibility index (Phi) is 5.53. The van der Waals surface area contributed by atoms with Crippen LogP contribution in [-0.4, -0.2) is 27.3 Å². The van der Waals surface area contributed by atoms with Crippen molar-refractivity contribution >= 4 is 29.1 Å². The maximum atomic E-state index is 12.0. The SMILES string of the molecule is O=C(COc1cc(Cl)ccc1Cl)NCc1nncn1-c1ccccc1. The van der Waals surface area contributed by atoms with Crippen molar-refractivity contribution in [3.05, 3.63) is 70.7 Å². The fraction of sp³-hybridized carbons (Fsp3) is 0.118. The number of aromatic nitrogens is 3. The highest BCUT2D eigenvalue weighted by Gasteiger charge is 2.10. The molecule has 1 amide bonds. The van der Waals surface area contributed by atoms with E-state index in [1.54, 1.807) is 29.1 Å². The summed E-state index contributed by atoms with van der Waals surface area (Å²) >= 11 is 11.9. The van der Waals surface area contributed by atoms with Gasteiger partial charge in [0.1, 0.15) is 12.1 Å². The second kappa shape index (κ2) is 8.00. The van der Waals surface area contributed by atoms with Crippen LogP contribution in [0, 0.1) is 0 Å². The van der Waals surface area contributed by atoms with Gasteiger partial charge in [0.05, 0.1) is 11.6 Å². The van der Waals surface area contributed by atoms with Crippen LogP contribution in [0.4, 0.5) is 0 Å². The number of nitrogens with one attached hydrogen (secondary N) is 1. The lowest BCUT2D eigenvalue weighted by Gasteiger charge is -2.10. The summed E-state index contributed by atoms with van der Waals surface area (Å²) in [5.74, 6) is 0.663. The van der Waals surface area contributed by atoms with Crippen molar-refractivity contribution in [3.63, 3.8) is 0 Å². The maximum Gasteiger partial charge on any atom is 0.258 e. The zero-order valence-corrected chi connectivity index (χ0v) is 14.5. The fourth-order valence-corrected chi connectivity index (χ4v) is 2.48. The molecule has 0 radical (unpaired) electrons. The van der Waals surface area contributed by atoms with Crippen molar-refractivity contribution in [2.45, 2.75) is 6.54 Å². The third-order valence-corrected chi connectivity index (χ3v) is 3.90. The molecule has 0 aliphatic carbocycles. The average molecular weight is 377 g/mol. The Morgan fingerprint density at radius 2 is 1.96 bits per heavy atom. The first-order valence-corrected chi connectivity index (χ1v) is 8.18. The Labute approximate surface area is 154 Å². The van der Waals surface area contributed by atoms with E-state index in [4.69, 9.17) is 27.9 Å². The van der Waals surface area contributed by atoms with Crippen LogP contribution in [0.3, 0.4) is 0 Å². The van der Waals surface area contributed by atoms with Gasteiger partial charge < -0.3 is 10.1 Å². The van der Waals surface area contributed by atoms with Gasteiger partial charge >= 0.3 is 0 Å². The molecule has 8 heteroatoms. The maximum absolute atomic E-state index is 12.0. The molecule has 0 saturated carbocycles. The number of halogens is 2. The van der Waals surface area contributed by atoms with E-state index in [1.807, 2.05) is 30.3 Å². The van der Waals surface area contributed by atoms with E-state index in [1.165, 1.54) is 0 Å². The number of ether oxygens (including phenoxy) is 1. The summed E-state index contributed by atoms with van der Waals surface area (Å²) in [5.41, 5.74) is 0.915. The van der Waals surface area contributed by atoms with Gasteiger partial charge in [-0.3, -0.25) is 9.36 Å². The van der Waals surface area contributed by atoms with Crippen LogP contribution < -0.4 is 10.1 Å². The molecule has 0 spiro atoms. The minimum atomic E-state index is -0.307. The molecular formula is C17H14Cl2N4O2. The largest absolute Gasteiger partial charge is 0.482 e. The van der Waals surface area contributed by atoms with Crippen molar-refractivity contribution < 1.29 is 9.53 Å². The quantitative estimate of drug-likeness (QED) is 0.716. The minimum Gasteiger partial charge on any atom is -0.482 e. The molecule has 0 aliphatic heterocycles. The van der Waals surface area contributed by atoms with Gasteiger partial charge in [0.2, 0.25) is 0 Å². The number of benzene rings is 2. The molecule has 0 unspecified atom stereocenters. The summed E-state index contributed by atoms with van der Waals surface area (Å²) in [6.45, 7) is 0.0416. The molecule has 1 aromatic heterocycles. The van der Waals surface area contributed by atoms with Crippen LogP contribution in [0.1, 0.15) is 5.82 Å². The number of amides is 1. The lowest BCUT2D eigenvalue weighted by molar-refractivity contribution is -0.123. The van der Waals surface area contributed by atoms with Crippen LogP contribution in [-0.2, 0) is 11.3 Å². The molecule has 0 atom stereocenters. The van der Waals surface area contributed by atoms with Crippen molar-refractivity contribution in [2.75, 3.05) is 6.61 Å². The molecule has 0 aliphatic rings. The van der Waals surface area contributed by atoms with E-state index in [0.717, 1.165) is 5.69 Å². The molecule has 3 rings (SSSR count). The van der Waals surface area contributed by atoms with Crippen molar-refractivity contribution in [2.24, 2.45) is 0 Å². The van der Waals surface area contributed by atoms with E-state index in [9.17, 15) is 4.79 Å². The van der Waals surface area contributed by atoms with E-state index < -0.39 is 0 Å². The molecule has 2 aromatic carbocycles. The third kappa shape index (κ3) is 4.49. The summed E-state index contributed by atoms with van der Waals surface area (Å²) < 4.78 is 7.19. The van der Waals surface area contributed by atoms with Gasteiger partial charge in [-0.2, -0.15) is 0 Å². The first-order valence-electron chi connectivity index (χ1n) is 7.42. The van der Waals surface area contributed by atoms with Gasteiger partial charge in [0, 0.05) is 16.8 Å². The number of hydrogen-bond acceptors (Lipinski definition) is 4. The summed E-state index contributed by atoms with van der Waals surface area (Å²) in [5, 5.41) is 11.5. The number of carbonyl (C=O) groups excluding carboxylic acids is 1. The smallest absolute Gasteiger partial charge is 0.258 e. The average Bonchev–Trinajstić information content (AvgIpc) is 3.10. The van der Waals surface area contributed by atoms with Crippen molar-refractivity contribution in [1.82, 2.24) is 20.1 Å². The summed E-state index contributed by atoms with van der Waals surface area (Å²) in [6.07, 6.45) is 1.60. The minimum absolute atomic E-state index is 0.181. The predicted molar refractivity (Wildman–Crippen MR) is 95.2 cm³/mol. The number of hydrogen-bond donors (Lipinski definition) is 1.